The number of aliphatic hydroxyl groups is 1. The molecule has 0 aromatic heterocycles. The first-order chi connectivity index (χ1) is 4.31. The largest absolute Gasteiger partial charge is 0.390 e. The third-order valence-corrected chi connectivity index (χ3v) is 1.58. The molecule has 1 atom stereocenters. The van der Waals surface area contributed by atoms with Crippen LogP contribution in [0.1, 0.15) is 13.3 Å². The maximum absolute atomic E-state index is 8.91. The van der Waals surface area contributed by atoms with Crippen LogP contribution in [0, 0.1) is 0 Å². The highest BCUT2D eigenvalue weighted by Gasteiger charge is 1.98. The van der Waals surface area contributed by atoms with Crippen LogP contribution in [0.3, 0.4) is 0 Å². The summed E-state index contributed by atoms with van der Waals surface area (Å²) in [4.78, 5) is 0. The third kappa shape index (κ3) is 6.28. The molecule has 0 bridgehead atoms. The molecular formula is C6H13BrO2. The molecule has 0 spiro atoms. The highest BCUT2D eigenvalue weighted by molar-refractivity contribution is 9.09. The van der Waals surface area contributed by atoms with Crippen molar-refractivity contribution < 1.29 is 9.84 Å². The molecule has 9 heavy (non-hydrogen) atoms. The minimum Gasteiger partial charge on any atom is -0.390 e. The van der Waals surface area contributed by atoms with E-state index in [2.05, 4.69) is 15.9 Å². The van der Waals surface area contributed by atoms with Crippen molar-refractivity contribution in [1.82, 2.24) is 0 Å². The van der Waals surface area contributed by atoms with Gasteiger partial charge in [-0.1, -0.05) is 22.9 Å². The van der Waals surface area contributed by atoms with Crippen LogP contribution in [-0.2, 0) is 4.74 Å². The van der Waals surface area contributed by atoms with E-state index in [1.807, 2.05) is 6.92 Å². The molecule has 56 valence electrons. The summed E-state index contributed by atoms with van der Waals surface area (Å²) in [6, 6.07) is 0. The number of hydrogen-bond donors (Lipinski definition) is 1. The normalized spacial score (nSPS) is 13.7. The van der Waals surface area contributed by atoms with E-state index >= 15 is 0 Å². The molecule has 0 heterocycles. The van der Waals surface area contributed by atoms with Crippen LogP contribution >= 0.6 is 15.9 Å². The van der Waals surface area contributed by atoms with Crippen LogP contribution in [-0.4, -0.2) is 29.8 Å². The Hall–Kier alpha value is 0.400. The molecule has 0 aliphatic heterocycles. The van der Waals surface area contributed by atoms with Crippen molar-refractivity contribution in [2.24, 2.45) is 0 Å². The molecule has 0 aliphatic rings. The Kier molecular flexibility index (Phi) is 6.81. The maximum Gasteiger partial charge on any atom is 0.0870 e. The average Bonchev–Trinajstić information content (AvgIpc) is 1.89. The SMILES string of the molecule is CCCOCC(O)CBr. The lowest BCUT2D eigenvalue weighted by Gasteiger charge is -2.05. The van der Waals surface area contributed by atoms with E-state index in [0.717, 1.165) is 13.0 Å². The monoisotopic (exact) mass is 196 g/mol. The van der Waals surface area contributed by atoms with E-state index < -0.39 is 0 Å². The predicted molar refractivity (Wildman–Crippen MR) is 40.9 cm³/mol. The lowest BCUT2D eigenvalue weighted by Crippen LogP contribution is -2.16. The summed E-state index contributed by atoms with van der Waals surface area (Å²) in [6.45, 7) is 3.23. The van der Waals surface area contributed by atoms with Crippen LogP contribution in [0.15, 0.2) is 0 Å². The van der Waals surface area contributed by atoms with Gasteiger partial charge in [0, 0.05) is 11.9 Å². The topological polar surface area (TPSA) is 29.5 Å². The Balaban J connectivity index is 2.88. The Morgan fingerprint density at radius 1 is 1.67 bits per heavy atom. The van der Waals surface area contributed by atoms with Gasteiger partial charge in [-0.3, -0.25) is 0 Å². The van der Waals surface area contributed by atoms with Gasteiger partial charge >= 0.3 is 0 Å². The highest BCUT2D eigenvalue weighted by atomic mass is 79.9. The number of halogens is 1. The van der Waals surface area contributed by atoms with Gasteiger partial charge in [-0.05, 0) is 6.42 Å². The van der Waals surface area contributed by atoms with Crippen molar-refractivity contribution in [3.63, 3.8) is 0 Å². The van der Waals surface area contributed by atoms with E-state index in [0.29, 0.717) is 11.9 Å². The van der Waals surface area contributed by atoms with E-state index in [1.54, 1.807) is 0 Å². The fraction of sp³-hybridized carbons (Fsp3) is 1.00. The first-order valence-electron chi connectivity index (χ1n) is 3.13. The molecule has 0 saturated carbocycles. The zero-order valence-electron chi connectivity index (χ0n) is 5.64. The first kappa shape index (κ1) is 9.40. The summed E-state index contributed by atoms with van der Waals surface area (Å²) in [6.07, 6.45) is 0.659. The molecule has 2 nitrogen and oxygen atoms in total. The van der Waals surface area contributed by atoms with Crippen molar-refractivity contribution in [1.29, 1.82) is 0 Å². The lowest BCUT2D eigenvalue weighted by molar-refractivity contribution is 0.0495. The summed E-state index contributed by atoms with van der Waals surface area (Å²) < 4.78 is 5.06. The quantitative estimate of drug-likeness (QED) is 0.529. The zero-order valence-corrected chi connectivity index (χ0v) is 7.23. The second-order valence-electron chi connectivity index (χ2n) is 1.88. The summed E-state index contributed by atoms with van der Waals surface area (Å²) in [5, 5.41) is 9.51. The van der Waals surface area contributed by atoms with Crippen LogP contribution in [0.2, 0.25) is 0 Å². The predicted octanol–water partition coefficient (Wildman–Crippen LogP) is 1.17. The van der Waals surface area contributed by atoms with Crippen molar-refractivity contribution in [2.45, 2.75) is 19.4 Å². The maximum atomic E-state index is 8.91. The Morgan fingerprint density at radius 3 is 2.78 bits per heavy atom. The molecule has 0 aromatic carbocycles. The molecule has 0 fully saturated rings. The van der Waals surface area contributed by atoms with Crippen molar-refractivity contribution in [3.05, 3.63) is 0 Å². The number of rotatable bonds is 5. The molecule has 3 heteroatoms. The number of hydrogen-bond acceptors (Lipinski definition) is 2. The highest BCUT2D eigenvalue weighted by Crippen LogP contribution is 1.91. The Morgan fingerprint density at radius 2 is 2.33 bits per heavy atom. The summed E-state index contributed by atoms with van der Waals surface area (Å²) in [5.74, 6) is 0. The van der Waals surface area contributed by atoms with Crippen molar-refractivity contribution >= 4 is 15.9 Å². The number of ether oxygens (including phenoxy) is 1. The lowest BCUT2D eigenvalue weighted by atomic mass is 10.4. The number of aliphatic hydroxyl groups excluding tert-OH is 1. The van der Waals surface area contributed by atoms with E-state index in [-0.39, 0.29) is 6.10 Å². The second-order valence-corrected chi connectivity index (χ2v) is 2.53. The fourth-order valence-corrected chi connectivity index (χ4v) is 0.595. The van der Waals surface area contributed by atoms with Gasteiger partial charge in [-0.2, -0.15) is 0 Å². The van der Waals surface area contributed by atoms with Crippen LogP contribution in [0.5, 0.6) is 0 Å². The van der Waals surface area contributed by atoms with Gasteiger partial charge in [0.25, 0.3) is 0 Å². The van der Waals surface area contributed by atoms with E-state index in [4.69, 9.17) is 9.84 Å². The summed E-state index contributed by atoms with van der Waals surface area (Å²) in [7, 11) is 0. The van der Waals surface area contributed by atoms with Gasteiger partial charge in [-0.15, -0.1) is 0 Å². The van der Waals surface area contributed by atoms with E-state index in [9.17, 15) is 0 Å². The van der Waals surface area contributed by atoms with Crippen LogP contribution in [0.4, 0.5) is 0 Å². The Labute approximate surface area is 64.3 Å². The van der Waals surface area contributed by atoms with Gasteiger partial charge in [0.15, 0.2) is 0 Å². The smallest absolute Gasteiger partial charge is 0.0870 e. The van der Waals surface area contributed by atoms with Gasteiger partial charge in [0.1, 0.15) is 0 Å². The van der Waals surface area contributed by atoms with Gasteiger partial charge in [0.2, 0.25) is 0 Å². The molecular weight excluding hydrogens is 184 g/mol. The van der Waals surface area contributed by atoms with Crippen molar-refractivity contribution in [3.8, 4) is 0 Å². The van der Waals surface area contributed by atoms with Gasteiger partial charge < -0.3 is 9.84 Å². The van der Waals surface area contributed by atoms with Crippen LogP contribution in [0.25, 0.3) is 0 Å². The summed E-state index contributed by atoms with van der Waals surface area (Å²) >= 11 is 3.14. The first-order valence-corrected chi connectivity index (χ1v) is 4.25. The van der Waals surface area contributed by atoms with Gasteiger partial charge in [-0.25, -0.2) is 0 Å². The van der Waals surface area contributed by atoms with Gasteiger partial charge in [0.05, 0.1) is 12.7 Å². The molecule has 0 radical (unpaired) electrons. The second kappa shape index (κ2) is 6.52. The fourth-order valence-electron chi connectivity index (χ4n) is 0.408. The molecule has 0 amide bonds. The van der Waals surface area contributed by atoms with Crippen LogP contribution < -0.4 is 0 Å². The Bertz CT molecular complexity index is 59.0. The zero-order chi connectivity index (χ0) is 7.11. The third-order valence-electron chi connectivity index (χ3n) is 0.837. The minimum atomic E-state index is -0.350. The molecule has 1 N–H and O–H groups in total. The number of alkyl halides is 1. The average molecular weight is 197 g/mol. The molecule has 0 aliphatic carbocycles. The standard InChI is InChI=1S/C6H13BrO2/c1-2-3-9-5-6(8)4-7/h6,8H,2-5H2,1H3. The summed E-state index contributed by atoms with van der Waals surface area (Å²) in [5.41, 5.74) is 0. The molecule has 0 saturated heterocycles. The molecule has 0 rings (SSSR count). The van der Waals surface area contributed by atoms with E-state index in [1.165, 1.54) is 0 Å². The minimum absolute atomic E-state index is 0.350. The molecule has 0 aromatic rings. The molecule has 1 unspecified atom stereocenters. The van der Waals surface area contributed by atoms with Crippen molar-refractivity contribution in [2.75, 3.05) is 18.5 Å².